The van der Waals surface area contributed by atoms with Gasteiger partial charge >= 0.3 is 6.18 Å². The first-order valence-electron chi connectivity index (χ1n) is 7.06. The van der Waals surface area contributed by atoms with Crippen LogP contribution in [0, 0.1) is 0 Å². The molecule has 0 spiro atoms. The standard InChI is InChI=1S/C15H12ClF3N4O/c16-14-20-8-11(15(17,18)19)13(21-14)22-6-7-23(12(24)9-22)10-4-2-1-3-5-10/h1-5,8H,6-7,9H2. The molecule has 2 aromatic rings. The molecule has 1 aliphatic heterocycles. The number of alkyl halides is 3. The van der Waals surface area contributed by atoms with Crippen LogP contribution in [0.4, 0.5) is 24.7 Å². The van der Waals surface area contributed by atoms with Crippen molar-refractivity contribution >= 4 is 29.0 Å². The third-order valence-corrected chi connectivity index (χ3v) is 3.81. The van der Waals surface area contributed by atoms with Gasteiger partial charge in [-0.05, 0) is 23.7 Å². The summed E-state index contributed by atoms with van der Waals surface area (Å²) >= 11 is 5.64. The summed E-state index contributed by atoms with van der Waals surface area (Å²) in [4.78, 5) is 22.2. The minimum atomic E-state index is -4.63. The molecule has 0 N–H and O–H groups in total. The van der Waals surface area contributed by atoms with E-state index in [1.54, 1.807) is 24.3 Å². The molecule has 1 aliphatic rings. The molecule has 24 heavy (non-hydrogen) atoms. The zero-order valence-corrected chi connectivity index (χ0v) is 13.1. The number of halogens is 4. The second-order valence-corrected chi connectivity index (χ2v) is 5.51. The number of para-hydroxylation sites is 1. The van der Waals surface area contributed by atoms with Gasteiger partial charge in [0.15, 0.2) is 0 Å². The van der Waals surface area contributed by atoms with E-state index in [-0.39, 0.29) is 36.6 Å². The van der Waals surface area contributed by atoms with Crippen molar-refractivity contribution in [3.63, 3.8) is 0 Å². The largest absolute Gasteiger partial charge is 0.421 e. The van der Waals surface area contributed by atoms with Gasteiger partial charge in [0, 0.05) is 25.0 Å². The van der Waals surface area contributed by atoms with Crippen LogP contribution < -0.4 is 9.80 Å². The normalized spacial score (nSPS) is 15.8. The van der Waals surface area contributed by atoms with Crippen molar-refractivity contribution in [1.82, 2.24) is 9.97 Å². The Bertz CT molecular complexity index is 754. The minimum absolute atomic E-state index is 0.205. The SMILES string of the molecule is O=C1CN(c2nc(Cl)ncc2C(F)(F)F)CCN1c1ccccc1. The van der Waals surface area contributed by atoms with E-state index in [0.717, 1.165) is 0 Å². The Labute approximate surface area is 140 Å². The number of hydrogen-bond acceptors (Lipinski definition) is 4. The van der Waals surface area contributed by atoms with Crippen molar-refractivity contribution in [2.24, 2.45) is 0 Å². The Morgan fingerprint density at radius 3 is 2.46 bits per heavy atom. The van der Waals surface area contributed by atoms with Crippen molar-refractivity contribution < 1.29 is 18.0 Å². The number of rotatable bonds is 2. The van der Waals surface area contributed by atoms with Crippen molar-refractivity contribution in [2.45, 2.75) is 6.18 Å². The third kappa shape index (κ3) is 3.28. The van der Waals surface area contributed by atoms with Crippen LogP contribution in [-0.4, -0.2) is 35.5 Å². The molecular formula is C15H12ClF3N4O. The van der Waals surface area contributed by atoms with Gasteiger partial charge in [0.25, 0.3) is 0 Å². The molecule has 3 rings (SSSR count). The highest BCUT2D eigenvalue weighted by atomic mass is 35.5. The molecule has 1 amide bonds. The lowest BCUT2D eigenvalue weighted by molar-refractivity contribution is -0.137. The zero-order chi connectivity index (χ0) is 17.3. The summed E-state index contributed by atoms with van der Waals surface area (Å²) < 4.78 is 39.4. The molecular weight excluding hydrogens is 345 g/mol. The Morgan fingerprint density at radius 2 is 1.83 bits per heavy atom. The number of amides is 1. The number of nitrogens with zero attached hydrogens (tertiary/aromatic N) is 4. The van der Waals surface area contributed by atoms with Crippen LogP contribution in [0.25, 0.3) is 0 Å². The lowest BCUT2D eigenvalue weighted by atomic mass is 10.2. The first-order valence-corrected chi connectivity index (χ1v) is 7.44. The van der Waals surface area contributed by atoms with E-state index in [1.165, 1.54) is 9.80 Å². The molecule has 9 heteroatoms. The molecule has 0 atom stereocenters. The lowest BCUT2D eigenvalue weighted by Gasteiger charge is -2.35. The van der Waals surface area contributed by atoms with Gasteiger partial charge < -0.3 is 9.80 Å². The number of piperazine rings is 1. The number of hydrogen-bond donors (Lipinski definition) is 0. The van der Waals surface area contributed by atoms with Crippen LogP contribution >= 0.6 is 11.6 Å². The summed E-state index contributed by atoms with van der Waals surface area (Å²) in [5.74, 6) is -0.682. The van der Waals surface area contributed by atoms with E-state index in [4.69, 9.17) is 11.6 Å². The lowest BCUT2D eigenvalue weighted by Crippen LogP contribution is -2.51. The van der Waals surface area contributed by atoms with Gasteiger partial charge in [-0.15, -0.1) is 0 Å². The molecule has 0 aliphatic carbocycles. The summed E-state index contributed by atoms with van der Waals surface area (Å²) in [5, 5.41) is -0.295. The fourth-order valence-corrected chi connectivity index (χ4v) is 2.66. The van der Waals surface area contributed by atoms with E-state index >= 15 is 0 Å². The maximum atomic E-state index is 13.1. The Kier molecular flexibility index (Phi) is 4.31. The van der Waals surface area contributed by atoms with Crippen LogP contribution in [0.15, 0.2) is 36.5 Å². The van der Waals surface area contributed by atoms with E-state index in [1.807, 2.05) is 6.07 Å². The first-order chi connectivity index (χ1) is 11.4. The Hall–Kier alpha value is -2.35. The summed E-state index contributed by atoms with van der Waals surface area (Å²) in [7, 11) is 0. The second-order valence-electron chi connectivity index (χ2n) is 5.18. The molecule has 0 radical (unpaired) electrons. The highest BCUT2D eigenvalue weighted by Crippen LogP contribution is 2.36. The number of benzene rings is 1. The third-order valence-electron chi connectivity index (χ3n) is 3.63. The van der Waals surface area contributed by atoms with E-state index in [2.05, 4.69) is 9.97 Å². The van der Waals surface area contributed by atoms with Crippen molar-refractivity contribution in [2.75, 3.05) is 29.4 Å². The molecule has 1 saturated heterocycles. The van der Waals surface area contributed by atoms with Crippen LogP contribution in [0.5, 0.6) is 0 Å². The molecule has 0 unspecified atom stereocenters. The van der Waals surface area contributed by atoms with E-state index in [9.17, 15) is 18.0 Å². The smallest absolute Gasteiger partial charge is 0.345 e. The van der Waals surface area contributed by atoms with Gasteiger partial charge in [-0.3, -0.25) is 4.79 Å². The molecule has 5 nitrogen and oxygen atoms in total. The second kappa shape index (κ2) is 6.27. The number of carbonyl (C=O) groups is 1. The maximum absolute atomic E-state index is 13.1. The Morgan fingerprint density at radius 1 is 1.12 bits per heavy atom. The predicted octanol–water partition coefficient (Wildman–Crippen LogP) is 3.00. The van der Waals surface area contributed by atoms with Crippen LogP contribution in [0.2, 0.25) is 5.28 Å². The zero-order valence-electron chi connectivity index (χ0n) is 12.3. The molecule has 2 heterocycles. The number of anilines is 2. The topological polar surface area (TPSA) is 49.3 Å². The Balaban J connectivity index is 1.87. The van der Waals surface area contributed by atoms with Crippen LogP contribution in [0.3, 0.4) is 0 Å². The van der Waals surface area contributed by atoms with E-state index in [0.29, 0.717) is 11.9 Å². The van der Waals surface area contributed by atoms with Crippen molar-refractivity contribution in [3.05, 3.63) is 47.4 Å². The van der Waals surface area contributed by atoms with Gasteiger partial charge in [0.05, 0.1) is 6.54 Å². The highest BCUT2D eigenvalue weighted by molar-refractivity contribution is 6.28. The molecule has 1 fully saturated rings. The molecule has 1 aromatic carbocycles. The highest BCUT2D eigenvalue weighted by Gasteiger charge is 2.38. The van der Waals surface area contributed by atoms with Crippen molar-refractivity contribution in [3.8, 4) is 0 Å². The quantitative estimate of drug-likeness (QED) is 0.776. The predicted molar refractivity (Wildman–Crippen MR) is 83.1 cm³/mol. The number of carbonyl (C=O) groups excluding carboxylic acids is 1. The van der Waals surface area contributed by atoms with Gasteiger partial charge in [-0.25, -0.2) is 4.98 Å². The fraction of sp³-hybridized carbons (Fsp3) is 0.267. The van der Waals surface area contributed by atoms with Crippen LogP contribution in [0.1, 0.15) is 5.56 Å². The summed E-state index contributed by atoms with van der Waals surface area (Å²) in [6.07, 6.45) is -3.99. The number of aromatic nitrogens is 2. The summed E-state index contributed by atoms with van der Waals surface area (Å²) in [5.41, 5.74) is -0.299. The average Bonchev–Trinajstić information content (AvgIpc) is 2.54. The van der Waals surface area contributed by atoms with Gasteiger partial charge in [0.1, 0.15) is 11.4 Å². The molecule has 0 saturated carbocycles. The monoisotopic (exact) mass is 356 g/mol. The van der Waals surface area contributed by atoms with Crippen molar-refractivity contribution in [1.29, 1.82) is 0 Å². The summed E-state index contributed by atoms with van der Waals surface area (Å²) in [6.45, 7) is 0.240. The fourth-order valence-electron chi connectivity index (χ4n) is 2.53. The molecule has 1 aromatic heterocycles. The summed E-state index contributed by atoms with van der Waals surface area (Å²) in [6, 6.07) is 8.96. The van der Waals surface area contributed by atoms with Gasteiger partial charge in [-0.2, -0.15) is 18.2 Å². The molecule has 0 bridgehead atoms. The maximum Gasteiger partial charge on any atom is 0.421 e. The average molecular weight is 357 g/mol. The minimum Gasteiger partial charge on any atom is -0.345 e. The van der Waals surface area contributed by atoms with E-state index < -0.39 is 11.7 Å². The first kappa shape index (κ1) is 16.5. The molecule has 126 valence electrons. The van der Waals surface area contributed by atoms with Gasteiger partial charge in [0.2, 0.25) is 11.2 Å². The van der Waals surface area contributed by atoms with Gasteiger partial charge in [-0.1, -0.05) is 18.2 Å². The van der Waals surface area contributed by atoms with Crippen LogP contribution in [-0.2, 0) is 11.0 Å².